The zero-order valence-electron chi connectivity index (χ0n) is 19.3. The van der Waals surface area contributed by atoms with Gasteiger partial charge >= 0.3 is 0 Å². The van der Waals surface area contributed by atoms with Gasteiger partial charge in [0.2, 0.25) is 0 Å². The average molecular weight is 452 g/mol. The molecule has 1 unspecified atom stereocenters. The zero-order chi connectivity index (χ0) is 23.7. The van der Waals surface area contributed by atoms with Gasteiger partial charge in [-0.05, 0) is 37.6 Å². The van der Waals surface area contributed by atoms with Crippen LogP contribution in [0.1, 0.15) is 35.8 Å². The van der Waals surface area contributed by atoms with Gasteiger partial charge in [-0.15, -0.1) is 0 Å². The number of carbonyl (C=O) groups excluding carboxylic acids is 1. The maximum atomic E-state index is 13.7. The number of hydrogen-bond donors (Lipinski definition) is 0. The minimum Gasteiger partial charge on any atom is -0.335 e. The molecule has 0 spiro atoms. The molecule has 0 bridgehead atoms. The Kier molecular flexibility index (Phi) is 5.63. The Labute approximate surface area is 197 Å². The molecule has 170 valence electrons. The summed E-state index contributed by atoms with van der Waals surface area (Å²) in [6.45, 7) is 4.71. The van der Waals surface area contributed by atoms with Gasteiger partial charge in [-0.25, -0.2) is 19.3 Å². The highest BCUT2D eigenvalue weighted by molar-refractivity contribution is 6.06. The molecule has 0 saturated heterocycles. The van der Waals surface area contributed by atoms with Crippen LogP contribution in [0.15, 0.2) is 79.5 Å². The molecular weight excluding hydrogens is 426 g/mol. The average Bonchev–Trinajstić information content (AvgIpc) is 3.58. The Hall–Kier alpha value is -4.33. The van der Waals surface area contributed by atoms with Crippen LogP contribution < -0.4 is 0 Å². The molecule has 0 N–H and O–H groups in total. The highest BCUT2D eigenvalue weighted by Gasteiger charge is 2.23. The van der Waals surface area contributed by atoms with E-state index in [0.717, 1.165) is 27.9 Å². The van der Waals surface area contributed by atoms with Crippen LogP contribution in [0.5, 0.6) is 0 Å². The van der Waals surface area contributed by atoms with Crippen LogP contribution in [0.25, 0.3) is 28.0 Å². The third kappa shape index (κ3) is 3.83. The lowest BCUT2D eigenvalue weighted by Crippen LogP contribution is -2.30. The van der Waals surface area contributed by atoms with E-state index in [0.29, 0.717) is 17.8 Å². The van der Waals surface area contributed by atoms with Crippen LogP contribution in [-0.2, 0) is 6.54 Å². The van der Waals surface area contributed by atoms with Crippen LogP contribution in [0.4, 0.5) is 0 Å². The van der Waals surface area contributed by atoms with Crippen LogP contribution >= 0.6 is 0 Å². The number of amides is 1. The van der Waals surface area contributed by atoms with Crippen molar-refractivity contribution in [2.45, 2.75) is 26.4 Å². The first kappa shape index (κ1) is 21.5. The van der Waals surface area contributed by atoms with E-state index in [9.17, 15) is 4.79 Å². The van der Waals surface area contributed by atoms with E-state index >= 15 is 0 Å². The summed E-state index contributed by atoms with van der Waals surface area (Å²) in [5.74, 6) is -0.0758. The smallest absolute Gasteiger partial charge is 0.254 e. The summed E-state index contributed by atoms with van der Waals surface area (Å²) in [5.41, 5.74) is 4.96. The molecule has 3 aromatic heterocycles. The predicted molar refractivity (Wildman–Crippen MR) is 131 cm³/mol. The Morgan fingerprint density at radius 2 is 1.82 bits per heavy atom. The van der Waals surface area contributed by atoms with Gasteiger partial charge in [-0.3, -0.25) is 4.79 Å². The van der Waals surface area contributed by atoms with E-state index in [2.05, 4.69) is 15.2 Å². The van der Waals surface area contributed by atoms with Crippen molar-refractivity contribution in [1.82, 2.24) is 34.4 Å². The summed E-state index contributed by atoms with van der Waals surface area (Å²) >= 11 is 0. The Balaban J connectivity index is 1.50. The van der Waals surface area contributed by atoms with Gasteiger partial charge in [-0.1, -0.05) is 42.5 Å². The highest BCUT2D eigenvalue weighted by atomic mass is 16.2. The van der Waals surface area contributed by atoms with Gasteiger partial charge in [-0.2, -0.15) is 10.2 Å². The topological polar surface area (TPSA) is 81.7 Å². The SMILES string of the molecule is CCn1ncc2c(C(=O)N(C)C(C)c3ccc(-n4cncn4)cc3)cc(-c3ccccc3)nc21. The maximum Gasteiger partial charge on any atom is 0.254 e. The Morgan fingerprint density at radius 3 is 2.50 bits per heavy atom. The summed E-state index contributed by atoms with van der Waals surface area (Å²) in [7, 11) is 1.83. The normalized spacial score (nSPS) is 12.1. The molecule has 0 radical (unpaired) electrons. The molecule has 5 aromatic rings. The molecule has 0 aliphatic rings. The molecule has 0 fully saturated rings. The van der Waals surface area contributed by atoms with Crippen molar-refractivity contribution >= 4 is 16.9 Å². The van der Waals surface area contributed by atoms with Gasteiger partial charge in [0.15, 0.2) is 5.65 Å². The summed E-state index contributed by atoms with van der Waals surface area (Å²) in [5, 5.41) is 9.38. The number of fused-ring (bicyclic) bond motifs is 1. The first-order valence-electron chi connectivity index (χ1n) is 11.2. The van der Waals surface area contributed by atoms with Crippen molar-refractivity contribution in [2.24, 2.45) is 0 Å². The summed E-state index contributed by atoms with van der Waals surface area (Å²) < 4.78 is 3.53. The van der Waals surface area contributed by atoms with Crippen molar-refractivity contribution in [2.75, 3.05) is 7.05 Å². The molecule has 8 heteroatoms. The number of rotatable bonds is 6. The van der Waals surface area contributed by atoms with Crippen LogP contribution in [0.2, 0.25) is 0 Å². The van der Waals surface area contributed by atoms with E-state index in [1.807, 2.05) is 86.2 Å². The van der Waals surface area contributed by atoms with E-state index < -0.39 is 0 Å². The van der Waals surface area contributed by atoms with E-state index in [4.69, 9.17) is 4.98 Å². The van der Waals surface area contributed by atoms with Crippen molar-refractivity contribution in [3.63, 3.8) is 0 Å². The second kappa shape index (κ2) is 8.90. The Bertz CT molecular complexity index is 1420. The van der Waals surface area contributed by atoms with Crippen molar-refractivity contribution in [3.8, 4) is 16.9 Å². The van der Waals surface area contributed by atoms with Crippen molar-refractivity contribution in [1.29, 1.82) is 0 Å². The molecule has 3 heterocycles. The number of benzene rings is 2. The monoisotopic (exact) mass is 451 g/mol. The minimum atomic E-state index is -0.137. The maximum absolute atomic E-state index is 13.7. The second-order valence-electron chi connectivity index (χ2n) is 8.14. The lowest BCUT2D eigenvalue weighted by molar-refractivity contribution is 0.0744. The molecule has 2 aromatic carbocycles. The third-order valence-electron chi connectivity index (χ3n) is 6.17. The number of pyridine rings is 1. The van der Waals surface area contributed by atoms with E-state index in [1.165, 1.54) is 6.33 Å². The molecule has 1 atom stereocenters. The fourth-order valence-corrected chi connectivity index (χ4v) is 4.05. The standard InChI is InChI=1S/C26H25N7O/c1-4-32-25-23(15-28-32)22(14-24(30-25)20-8-6-5-7-9-20)26(34)31(3)18(2)19-10-12-21(13-11-19)33-17-27-16-29-33/h5-18H,4H2,1-3H3. The number of nitrogens with zero attached hydrogens (tertiary/aromatic N) is 7. The molecule has 0 aliphatic heterocycles. The van der Waals surface area contributed by atoms with Gasteiger partial charge < -0.3 is 4.90 Å². The first-order valence-corrected chi connectivity index (χ1v) is 11.2. The summed E-state index contributed by atoms with van der Waals surface area (Å²) in [6, 6.07) is 19.6. The fraction of sp³-hybridized carbons (Fsp3) is 0.192. The molecule has 5 rings (SSSR count). The van der Waals surface area contributed by atoms with Gasteiger partial charge in [0, 0.05) is 19.2 Å². The van der Waals surface area contributed by atoms with Crippen molar-refractivity contribution < 1.29 is 4.79 Å². The number of hydrogen-bond acceptors (Lipinski definition) is 5. The third-order valence-corrected chi connectivity index (χ3v) is 6.17. The molecular formula is C26H25N7O. The largest absolute Gasteiger partial charge is 0.335 e. The van der Waals surface area contributed by atoms with E-state index in [1.54, 1.807) is 22.1 Å². The zero-order valence-corrected chi connectivity index (χ0v) is 19.3. The molecule has 0 aliphatic carbocycles. The second-order valence-corrected chi connectivity index (χ2v) is 8.14. The lowest BCUT2D eigenvalue weighted by Gasteiger charge is -2.26. The van der Waals surface area contributed by atoms with Gasteiger partial charge in [0.25, 0.3) is 5.91 Å². The van der Waals surface area contributed by atoms with Crippen LogP contribution in [0.3, 0.4) is 0 Å². The molecule has 34 heavy (non-hydrogen) atoms. The quantitative estimate of drug-likeness (QED) is 0.379. The highest BCUT2D eigenvalue weighted by Crippen LogP contribution is 2.28. The number of aryl methyl sites for hydroxylation is 1. The summed E-state index contributed by atoms with van der Waals surface area (Å²) in [4.78, 5) is 24.3. The Morgan fingerprint density at radius 1 is 1.06 bits per heavy atom. The first-order chi connectivity index (χ1) is 16.6. The van der Waals surface area contributed by atoms with Gasteiger partial charge in [0.1, 0.15) is 12.7 Å². The van der Waals surface area contributed by atoms with Crippen LogP contribution in [0, 0.1) is 0 Å². The van der Waals surface area contributed by atoms with Crippen LogP contribution in [-0.4, -0.2) is 47.4 Å². The van der Waals surface area contributed by atoms with Gasteiger partial charge in [0.05, 0.1) is 34.6 Å². The lowest BCUT2D eigenvalue weighted by atomic mass is 10.0. The number of carbonyl (C=O) groups is 1. The fourth-order valence-electron chi connectivity index (χ4n) is 4.05. The number of aromatic nitrogens is 6. The van der Waals surface area contributed by atoms with E-state index in [-0.39, 0.29) is 11.9 Å². The summed E-state index contributed by atoms with van der Waals surface area (Å²) in [6.07, 6.45) is 4.89. The molecule has 1 amide bonds. The van der Waals surface area contributed by atoms with Crippen molar-refractivity contribution in [3.05, 3.63) is 90.6 Å². The minimum absolute atomic E-state index is 0.0758. The predicted octanol–water partition coefficient (Wildman–Crippen LogP) is 4.53. The molecule has 8 nitrogen and oxygen atoms in total. The molecule has 0 saturated carbocycles.